The first-order valence-corrected chi connectivity index (χ1v) is 6.93. The van der Waals surface area contributed by atoms with Gasteiger partial charge in [0.15, 0.2) is 0 Å². The number of benzene rings is 2. The zero-order valence-corrected chi connectivity index (χ0v) is 12.1. The van der Waals surface area contributed by atoms with E-state index in [4.69, 9.17) is 16.6 Å². The lowest BCUT2D eigenvalue weighted by molar-refractivity contribution is 0.475. The van der Waals surface area contributed by atoms with Gasteiger partial charge in [-0.3, -0.25) is 0 Å². The van der Waals surface area contributed by atoms with Gasteiger partial charge in [-0.25, -0.2) is 4.98 Å². The Hall–Kier alpha value is -2.00. The molecule has 2 aromatic carbocycles. The maximum absolute atomic E-state index is 9.54. The van der Waals surface area contributed by atoms with E-state index in [1.807, 2.05) is 31.2 Å². The Labute approximate surface area is 122 Å². The Morgan fingerprint density at radius 1 is 1.20 bits per heavy atom. The summed E-state index contributed by atoms with van der Waals surface area (Å²) in [5.74, 6) is 1.18. The second kappa shape index (κ2) is 4.84. The molecular formula is C16H15ClN2O. The molecule has 0 saturated carbocycles. The maximum atomic E-state index is 9.54. The third-order valence-electron chi connectivity index (χ3n) is 3.48. The molecular weight excluding hydrogens is 272 g/mol. The van der Waals surface area contributed by atoms with E-state index in [0.717, 1.165) is 34.5 Å². The van der Waals surface area contributed by atoms with Crippen molar-refractivity contribution in [2.24, 2.45) is 0 Å². The highest BCUT2D eigenvalue weighted by Crippen LogP contribution is 2.30. The molecule has 0 aliphatic rings. The van der Waals surface area contributed by atoms with Crippen LogP contribution in [0.3, 0.4) is 0 Å². The minimum atomic E-state index is 0.272. The van der Waals surface area contributed by atoms with Gasteiger partial charge in [-0.15, -0.1) is 0 Å². The van der Waals surface area contributed by atoms with Gasteiger partial charge >= 0.3 is 0 Å². The first-order chi connectivity index (χ1) is 9.60. The van der Waals surface area contributed by atoms with E-state index in [2.05, 4.69) is 11.5 Å². The fraction of sp³-hybridized carbons (Fsp3) is 0.188. The first kappa shape index (κ1) is 13.0. The second-order valence-corrected chi connectivity index (χ2v) is 5.25. The number of phenols is 1. The summed E-state index contributed by atoms with van der Waals surface area (Å²) in [6, 6.07) is 11.1. The van der Waals surface area contributed by atoms with Crippen LogP contribution in [0, 0.1) is 6.92 Å². The van der Waals surface area contributed by atoms with Crippen LogP contribution in [0.5, 0.6) is 5.75 Å². The Kier molecular flexibility index (Phi) is 3.14. The number of aromatic nitrogens is 2. The van der Waals surface area contributed by atoms with Crippen molar-refractivity contribution in [2.75, 3.05) is 0 Å². The number of halogens is 1. The van der Waals surface area contributed by atoms with E-state index < -0.39 is 0 Å². The molecule has 1 aromatic heterocycles. The maximum Gasteiger partial charge on any atom is 0.141 e. The number of phenolic OH excluding ortho intramolecular Hbond substituents is 1. The van der Waals surface area contributed by atoms with Crippen LogP contribution in [0.1, 0.15) is 12.5 Å². The standard InChI is InChI=1S/C16H15ClN2O/c1-3-19-15-9-11(17)4-7-14(15)18-16(19)13-6-5-12(20)8-10(13)2/h4-9,20H,3H2,1-2H3. The summed E-state index contributed by atoms with van der Waals surface area (Å²) >= 11 is 6.08. The summed E-state index contributed by atoms with van der Waals surface area (Å²) in [4.78, 5) is 4.71. The smallest absolute Gasteiger partial charge is 0.141 e. The van der Waals surface area contributed by atoms with Gasteiger partial charge in [0, 0.05) is 17.1 Å². The normalized spacial score (nSPS) is 11.2. The van der Waals surface area contributed by atoms with Crippen molar-refractivity contribution in [1.29, 1.82) is 0 Å². The number of aryl methyl sites for hydroxylation is 2. The van der Waals surface area contributed by atoms with Gasteiger partial charge in [0.05, 0.1) is 11.0 Å². The van der Waals surface area contributed by atoms with Crippen LogP contribution in [-0.4, -0.2) is 14.7 Å². The van der Waals surface area contributed by atoms with E-state index in [0.29, 0.717) is 5.02 Å². The molecule has 0 radical (unpaired) electrons. The summed E-state index contributed by atoms with van der Waals surface area (Å²) in [5.41, 5.74) is 3.99. The molecule has 0 unspecified atom stereocenters. The van der Waals surface area contributed by atoms with E-state index in [1.54, 1.807) is 12.1 Å². The lowest BCUT2D eigenvalue weighted by Crippen LogP contribution is -1.98. The number of nitrogens with zero attached hydrogens (tertiary/aromatic N) is 2. The summed E-state index contributed by atoms with van der Waals surface area (Å²) in [5, 5.41) is 10.3. The zero-order valence-electron chi connectivity index (χ0n) is 11.4. The molecule has 0 aliphatic heterocycles. The van der Waals surface area contributed by atoms with Crippen molar-refractivity contribution >= 4 is 22.6 Å². The zero-order chi connectivity index (χ0) is 14.3. The lowest BCUT2D eigenvalue weighted by atomic mass is 10.1. The van der Waals surface area contributed by atoms with E-state index >= 15 is 0 Å². The molecule has 4 heteroatoms. The Balaban J connectivity index is 2.30. The Morgan fingerprint density at radius 2 is 2.00 bits per heavy atom. The van der Waals surface area contributed by atoms with Gasteiger partial charge in [-0.05, 0) is 55.8 Å². The summed E-state index contributed by atoms with van der Waals surface area (Å²) in [6.45, 7) is 4.87. The molecule has 0 aliphatic carbocycles. The second-order valence-electron chi connectivity index (χ2n) is 4.81. The van der Waals surface area contributed by atoms with Crippen LogP contribution < -0.4 is 0 Å². The highest BCUT2D eigenvalue weighted by atomic mass is 35.5. The van der Waals surface area contributed by atoms with Gasteiger partial charge in [0.1, 0.15) is 11.6 Å². The molecule has 102 valence electrons. The van der Waals surface area contributed by atoms with Gasteiger partial charge in [-0.1, -0.05) is 11.6 Å². The topological polar surface area (TPSA) is 38.0 Å². The van der Waals surface area contributed by atoms with Gasteiger partial charge < -0.3 is 9.67 Å². The van der Waals surface area contributed by atoms with E-state index in [1.165, 1.54) is 0 Å². The molecule has 3 rings (SSSR count). The minimum Gasteiger partial charge on any atom is -0.508 e. The van der Waals surface area contributed by atoms with E-state index in [-0.39, 0.29) is 5.75 Å². The van der Waals surface area contributed by atoms with Gasteiger partial charge in [0.2, 0.25) is 0 Å². The Morgan fingerprint density at radius 3 is 2.70 bits per heavy atom. The number of hydrogen-bond donors (Lipinski definition) is 1. The SMILES string of the molecule is CCn1c(-c2ccc(O)cc2C)nc2ccc(Cl)cc21. The molecule has 1 heterocycles. The fourth-order valence-corrected chi connectivity index (χ4v) is 2.69. The van der Waals surface area contributed by atoms with Crippen LogP contribution >= 0.6 is 11.6 Å². The third-order valence-corrected chi connectivity index (χ3v) is 3.71. The van der Waals surface area contributed by atoms with Crippen LogP contribution in [0.2, 0.25) is 5.02 Å². The number of imidazole rings is 1. The molecule has 3 aromatic rings. The highest BCUT2D eigenvalue weighted by Gasteiger charge is 2.13. The molecule has 0 atom stereocenters. The fourth-order valence-electron chi connectivity index (χ4n) is 2.52. The Bertz CT molecular complexity index is 793. The molecule has 0 saturated heterocycles. The average molecular weight is 287 g/mol. The van der Waals surface area contributed by atoms with Gasteiger partial charge in [-0.2, -0.15) is 0 Å². The van der Waals surface area contributed by atoms with E-state index in [9.17, 15) is 5.11 Å². The van der Waals surface area contributed by atoms with Crippen LogP contribution in [-0.2, 0) is 6.54 Å². The largest absolute Gasteiger partial charge is 0.508 e. The predicted molar refractivity (Wildman–Crippen MR) is 82.3 cm³/mol. The molecule has 0 spiro atoms. The average Bonchev–Trinajstić information content (AvgIpc) is 2.76. The summed E-state index contributed by atoms with van der Waals surface area (Å²) in [6.07, 6.45) is 0. The van der Waals surface area contributed by atoms with Crippen molar-refractivity contribution in [3.05, 3.63) is 47.0 Å². The van der Waals surface area contributed by atoms with Crippen molar-refractivity contribution in [1.82, 2.24) is 9.55 Å². The van der Waals surface area contributed by atoms with Crippen molar-refractivity contribution in [2.45, 2.75) is 20.4 Å². The summed E-state index contributed by atoms with van der Waals surface area (Å²) in [7, 11) is 0. The lowest BCUT2D eigenvalue weighted by Gasteiger charge is -2.09. The van der Waals surface area contributed by atoms with Crippen molar-refractivity contribution in [3.8, 4) is 17.1 Å². The van der Waals surface area contributed by atoms with Crippen LogP contribution in [0.15, 0.2) is 36.4 Å². The van der Waals surface area contributed by atoms with Crippen LogP contribution in [0.25, 0.3) is 22.4 Å². The van der Waals surface area contributed by atoms with Crippen molar-refractivity contribution in [3.63, 3.8) is 0 Å². The number of aromatic hydroxyl groups is 1. The number of hydrogen-bond acceptors (Lipinski definition) is 2. The minimum absolute atomic E-state index is 0.272. The highest BCUT2D eigenvalue weighted by molar-refractivity contribution is 6.31. The molecule has 0 bridgehead atoms. The third kappa shape index (κ3) is 2.04. The quantitative estimate of drug-likeness (QED) is 0.759. The molecule has 0 fully saturated rings. The summed E-state index contributed by atoms with van der Waals surface area (Å²) < 4.78 is 2.14. The molecule has 1 N–H and O–H groups in total. The van der Waals surface area contributed by atoms with Gasteiger partial charge in [0.25, 0.3) is 0 Å². The number of fused-ring (bicyclic) bond motifs is 1. The number of rotatable bonds is 2. The van der Waals surface area contributed by atoms with Crippen LogP contribution in [0.4, 0.5) is 0 Å². The monoisotopic (exact) mass is 286 g/mol. The first-order valence-electron chi connectivity index (χ1n) is 6.56. The molecule has 0 amide bonds. The molecule has 3 nitrogen and oxygen atoms in total. The van der Waals surface area contributed by atoms with Crippen molar-refractivity contribution < 1.29 is 5.11 Å². The predicted octanol–water partition coefficient (Wildman–Crippen LogP) is 4.39. The molecule has 20 heavy (non-hydrogen) atoms.